The lowest BCUT2D eigenvalue weighted by atomic mass is 9.82. The molecule has 1 aliphatic rings. The van der Waals surface area contributed by atoms with E-state index in [2.05, 4.69) is 19.3 Å². The van der Waals surface area contributed by atoms with Crippen LogP contribution in [0.2, 0.25) is 0 Å². The molecule has 4 heteroatoms. The molecule has 1 rings (SSSR count). The maximum atomic E-state index is 11.4. The minimum Gasteiger partial charge on any atom is -0.324 e. The van der Waals surface area contributed by atoms with Crippen molar-refractivity contribution in [2.24, 2.45) is 17.7 Å². The Bertz CT molecular complexity index is 250. The Labute approximate surface area is 118 Å². The van der Waals surface area contributed by atoms with E-state index in [-0.39, 0.29) is 6.03 Å². The predicted octanol–water partition coefficient (Wildman–Crippen LogP) is 3.28. The second kappa shape index (κ2) is 9.18. The average molecular weight is 269 g/mol. The quantitative estimate of drug-likeness (QED) is 0.322. The maximum absolute atomic E-state index is 11.4. The zero-order chi connectivity index (χ0) is 14.1. The fourth-order valence-corrected chi connectivity index (χ4v) is 3.07. The molecule has 1 fully saturated rings. The molecule has 2 amide bonds. The first-order valence-electron chi connectivity index (χ1n) is 7.94. The Balaban J connectivity index is 2.14. The van der Waals surface area contributed by atoms with Gasteiger partial charge in [0.05, 0.1) is 0 Å². The van der Waals surface area contributed by atoms with E-state index in [1.54, 1.807) is 0 Å². The molecule has 1 aliphatic heterocycles. The van der Waals surface area contributed by atoms with E-state index in [4.69, 9.17) is 5.84 Å². The molecule has 112 valence electrons. The van der Waals surface area contributed by atoms with Crippen LogP contribution in [0.15, 0.2) is 0 Å². The molecule has 0 spiro atoms. The van der Waals surface area contributed by atoms with Gasteiger partial charge in [-0.15, -0.1) is 0 Å². The average Bonchev–Trinajstić information content (AvgIpc) is 2.46. The second-order valence-electron chi connectivity index (χ2n) is 5.95. The van der Waals surface area contributed by atoms with E-state index >= 15 is 0 Å². The van der Waals surface area contributed by atoms with Crippen LogP contribution in [0.5, 0.6) is 0 Å². The van der Waals surface area contributed by atoms with E-state index in [0.717, 1.165) is 37.8 Å². The van der Waals surface area contributed by atoms with E-state index < -0.39 is 0 Å². The third-order valence-corrected chi connectivity index (χ3v) is 4.52. The summed E-state index contributed by atoms with van der Waals surface area (Å²) in [6, 6.07) is -0.134. The van der Waals surface area contributed by atoms with Gasteiger partial charge in [0.25, 0.3) is 0 Å². The Kier molecular flexibility index (Phi) is 7.87. The molecule has 1 unspecified atom stereocenters. The number of urea groups is 1. The molecule has 0 radical (unpaired) electrons. The number of nitrogens with two attached hydrogens (primary N) is 1. The number of likely N-dealkylation sites (tertiary alicyclic amines) is 1. The first-order valence-corrected chi connectivity index (χ1v) is 7.94. The molecule has 0 aliphatic carbocycles. The number of hydrogen-bond acceptors (Lipinski definition) is 2. The van der Waals surface area contributed by atoms with Crippen LogP contribution in [0.25, 0.3) is 0 Å². The zero-order valence-corrected chi connectivity index (χ0v) is 12.7. The molecular weight excluding hydrogens is 238 g/mol. The van der Waals surface area contributed by atoms with Crippen LogP contribution in [-0.4, -0.2) is 24.0 Å². The third kappa shape index (κ3) is 5.81. The van der Waals surface area contributed by atoms with Crippen LogP contribution < -0.4 is 11.3 Å². The summed E-state index contributed by atoms with van der Waals surface area (Å²) in [4.78, 5) is 13.2. The highest BCUT2D eigenvalue weighted by Crippen LogP contribution is 2.28. The van der Waals surface area contributed by atoms with Crippen molar-refractivity contribution in [1.82, 2.24) is 10.3 Å². The van der Waals surface area contributed by atoms with Gasteiger partial charge in [0.15, 0.2) is 0 Å². The molecule has 19 heavy (non-hydrogen) atoms. The normalized spacial score (nSPS) is 18.4. The highest BCUT2D eigenvalue weighted by atomic mass is 16.2. The summed E-state index contributed by atoms with van der Waals surface area (Å²) in [6.45, 7) is 6.35. The van der Waals surface area contributed by atoms with Crippen LogP contribution in [0.4, 0.5) is 4.79 Å². The molecular formula is C15H31N3O. The topological polar surface area (TPSA) is 58.4 Å². The molecule has 1 saturated heterocycles. The van der Waals surface area contributed by atoms with Gasteiger partial charge >= 0.3 is 6.03 Å². The van der Waals surface area contributed by atoms with Gasteiger partial charge < -0.3 is 4.90 Å². The Morgan fingerprint density at radius 3 is 2.47 bits per heavy atom. The number of carbonyl (C=O) groups excluding carboxylic acids is 1. The Hall–Kier alpha value is -0.770. The molecule has 0 bridgehead atoms. The van der Waals surface area contributed by atoms with Gasteiger partial charge in [0.2, 0.25) is 0 Å². The number of nitrogens with one attached hydrogen (secondary N) is 1. The summed E-state index contributed by atoms with van der Waals surface area (Å²) in [6.07, 6.45) is 10.4. The van der Waals surface area contributed by atoms with Crippen LogP contribution in [0, 0.1) is 11.8 Å². The van der Waals surface area contributed by atoms with Crippen molar-refractivity contribution in [2.45, 2.75) is 65.2 Å². The lowest BCUT2D eigenvalue weighted by molar-refractivity contribution is 0.150. The highest BCUT2D eigenvalue weighted by molar-refractivity contribution is 5.73. The van der Waals surface area contributed by atoms with Crippen molar-refractivity contribution < 1.29 is 4.79 Å². The number of rotatable bonds is 7. The van der Waals surface area contributed by atoms with Gasteiger partial charge in [0, 0.05) is 13.1 Å². The van der Waals surface area contributed by atoms with Crippen LogP contribution in [0.1, 0.15) is 65.2 Å². The third-order valence-electron chi connectivity index (χ3n) is 4.52. The molecule has 0 aromatic carbocycles. The van der Waals surface area contributed by atoms with Gasteiger partial charge in [-0.3, -0.25) is 5.43 Å². The fourth-order valence-electron chi connectivity index (χ4n) is 3.07. The van der Waals surface area contributed by atoms with Crippen LogP contribution >= 0.6 is 0 Å². The predicted molar refractivity (Wildman–Crippen MR) is 79.6 cm³/mol. The van der Waals surface area contributed by atoms with Gasteiger partial charge in [-0.2, -0.15) is 0 Å². The Morgan fingerprint density at radius 1 is 1.26 bits per heavy atom. The van der Waals surface area contributed by atoms with Crippen molar-refractivity contribution in [1.29, 1.82) is 0 Å². The summed E-state index contributed by atoms with van der Waals surface area (Å²) < 4.78 is 0. The van der Waals surface area contributed by atoms with Crippen molar-refractivity contribution in [2.75, 3.05) is 13.1 Å². The van der Waals surface area contributed by atoms with Crippen molar-refractivity contribution in [3.63, 3.8) is 0 Å². The molecule has 0 aromatic heterocycles. The minimum atomic E-state index is -0.134. The lowest BCUT2D eigenvalue weighted by Gasteiger charge is -2.34. The largest absolute Gasteiger partial charge is 0.331 e. The summed E-state index contributed by atoms with van der Waals surface area (Å²) in [5, 5.41) is 0. The first-order chi connectivity index (χ1) is 9.19. The highest BCUT2D eigenvalue weighted by Gasteiger charge is 2.25. The van der Waals surface area contributed by atoms with Gasteiger partial charge in [-0.25, -0.2) is 10.6 Å². The summed E-state index contributed by atoms with van der Waals surface area (Å²) >= 11 is 0. The number of nitrogens with zero attached hydrogens (tertiary/aromatic N) is 1. The zero-order valence-electron chi connectivity index (χ0n) is 12.7. The second-order valence-corrected chi connectivity index (χ2v) is 5.95. The monoisotopic (exact) mass is 269 g/mol. The van der Waals surface area contributed by atoms with Crippen LogP contribution in [-0.2, 0) is 0 Å². The van der Waals surface area contributed by atoms with E-state index in [1.165, 1.54) is 38.5 Å². The van der Waals surface area contributed by atoms with E-state index in [0.29, 0.717) is 0 Å². The number of hydrogen-bond donors (Lipinski definition) is 2. The number of hydrazine groups is 1. The summed E-state index contributed by atoms with van der Waals surface area (Å²) in [5.41, 5.74) is 2.22. The molecule has 0 saturated carbocycles. The molecule has 3 N–H and O–H groups in total. The van der Waals surface area contributed by atoms with Crippen molar-refractivity contribution in [3.05, 3.63) is 0 Å². The number of piperidine rings is 1. The number of carbonyl (C=O) groups is 1. The summed E-state index contributed by atoms with van der Waals surface area (Å²) in [7, 11) is 0. The van der Waals surface area contributed by atoms with Gasteiger partial charge in [-0.05, 0) is 24.7 Å². The first kappa shape index (κ1) is 16.3. The van der Waals surface area contributed by atoms with Gasteiger partial charge in [0.1, 0.15) is 0 Å². The lowest BCUT2D eigenvalue weighted by Crippen LogP contribution is -2.47. The minimum absolute atomic E-state index is 0.134. The van der Waals surface area contributed by atoms with Crippen molar-refractivity contribution >= 4 is 6.03 Å². The SMILES string of the molecule is CCCCCCCC(C)C1CCN(C(=O)NN)CC1. The Morgan fingerprint density at radius 2 is 1.89 bits per heavy atom. The van der Waals surface area contributed by atoms with E-state index in [9.17, 15) is 4.79 Å². The summed E-state index contributed by atoms with van der Waals surface area (Å²) in [5.74, 6) is 6.74. The van der Waals surface area contributed by atoms with Gasteiger partial charge in [-0.1, -0.05) is 52.4 Å². The molecule has 4 nitrogen and oxygen atoms in total. The molecule has 1 heterocycles. The number of unbranched alkanes of at least 4 members (excludes halogenated alkanes) is 4. The fraction of sp³-hybridized carbons (Fsp3) is 0.933. The standard InChI is InChI=1S/C15H31N3O/c1-3-4-5-6-7-8-13(2)14-9-11-18(12-10-14)15(19)17-16/h13-14H,3-12,16H2,1-2H3,(H,17,19). The van der Waals surface area contributed by atoms with Crippen molar-refractivity contribution in [3.8, 4) is 0 Å². The number of amides is 2. The van der Waals surface area contributed by atoms with Crippen LogP contribution in [0.3, 0.4) is 0 Å². The molecule has 1 atom stereocenters. The maximum Gasteiger partial charge on any atom is 0.331 e. The smallest absolute Gasteiger partial charge is 0.324 e. The molecule has 0 aromatic rings. The van der Waals surface area contributed by atoms with E-state index in [1.807, 2.05) is 4.90 Å².